The number of halogens is 3. The van der Waals surface area contributed by atoms with E-state index in [-0.39, 0.29) is 11.4 Å². The van der Waals surface area contributed by atoms with Gasteiger partial charge >= 0.3 is 0 Å². The summed E-state index contributed by atoms with van der Waals surface area (Å²) < 4.78 is 33.8. The van der Waals surface area contributed by atoms with Gasteiger partial charge in [-0.2, -0.15) is 0 Å². The van der Waals surface area contributed by atoms with Crippen LogP contribution in [0.1, 0.15) is 22.5 Å². The highest BCUT2D eigenvalue weighted by Gasteiger charge is 2.46. The van der Waals surface area contributed by atoms with Gasteiger partial charge in [-0.1, -0.05) is 23.7 Å². The number of aromatic nitrogens is 2. The van der Waals surface area contributed by atoms with Gasteiger partial charge in [0.2, 0.25) is 0 Å². The second-order valence-electron chi connectivity index (χ2n) is 5.94. The van der Waals surface area contributed by atoms with Gasteiger partial charge in [0, 0.05) is 17.4 Å². The topological polar surface area (TPSA) is 73.4 Å². The van der Waals surface area contributed by atoms with Gasteiger partial charge in [-0.05, 0) is 35.4 Å². The molecule has 1 atom stereocenters. The van der Waals surface area contributed by atoms with Gasteiger partial charge in [0.05, 0.1) is 7.11 Å². The summed E-state index contributed by atoms with van der Waals surface area (Å²) in [6.07, 6.45) is 2.95. The summed E-state index contributed by atoms with van der Waals surface area (Å²) in [6, 6.07) is 9.12. The highest BCUT2D eigenvalue weighted by molar-refractivity contribution is 6.30. The molecule has 0 amide bonds. The standard InChI is InChI=1S/C19H13ClF2N4O/c1-27-16-13(21)8-11(9-14(16)22)19(10-3-2-4-12(20)7-10)17-15(18(23)26-19)24-5-6-25-17/h2-9H,1H3,(H2,23,26). The van der Waals surface area contributed by atoms with Crippen molar-refractivity contribution in [1.82, 2.24) is 9.97 Å². The molecule has 2 N–H and O–H groups in total. The first-order valence-electron chi connectivity index (χ1n) is 7.94. The predicted molar refractivity (Wildman–Crippen MR) is 97.0 cm³/mol. The largest absolute Gasteiger partial charge is 0.491 e. The number of nitrogens with zero attached hydrogens (tertiary/aromatic N) is 3. The second kappa shape index (κ2) is 6.28. The lowest BCUT2D eigenvalue weighted by molar-refractivity contribution is 0.358. The van der Waals surface area contributed by atoms with Crippen LogP contribution in [0, 0.1) is 11.6 Å². The normalized spacial score (nSPS) is 18.1. The van der Waals surface area contributed by atoms with Gasteiger partial charge in [0.25, 0.3) is 0 Å². The highest BCUT2D eigenvalue weighted by Crippen LogP contribution is 2.45. The molecule has 5 nitrogen and oxygen atoms in total. The smallest absolute Gasteiger partial charge is 0.190 e. The molecule has 0 bridgehead atoms. The zero-order chi connectivity index (χ0) is 19.2. The molecule has 0 saturated heterocycles. The molecular formula is C19H13ClF2N4O. The summed E-state index contributed by atoms with van der Waals surface area (Å²) in [6.45, 7) is 0. The van der Waals surface area contributed by atoms with Gasteiger partial charge in [0.1, 0.15) is 17.2 Å². The number of benzene rings is 2. The maximum Gasteiger partial charge on any atom is 0.190 e. The van der Waals surface area contributed by atoms with Crippen LogP contribution in [0.25, 0.3) is 0 Å². The van der Waals surface area contributed by atoms with E-state index in [0.29, 0.717) is 22.0 Å². The molecule has 27 heavy (non-hydrogen) atoms. The van der Waals surface area contributed by atoms with Crippen molar-refractivity contribution in [3.05, 3.63) is 88.0 Å². The SMILES string of the molecule is COc1c(F)cc(C2(c3cccc(Cl)c3)N=C(N)c3nccnc32)cc1F. The Morgan fingerprint density at radius 3 is 2.41 bits per heavy atom. The molecule has 0 saturated carbocycles. The average molecular weight is 387 g/mol. The van der Waals surface area contributed by atoms with Crippen molar-refractivity contribution < 1.29 is 13.5 Å². The Hall–Kier alpha value is -3.06. The quantitative estimate of drug-likeness (QED) is 0.748. The van der Waals surface area contributed by atoms with Crippen LogP contribution in [-0.4, -0.2) is 22.9 Å². The van der Waals surface area contributed by atoms with E-state index in [1.165, 1.54) is 19.5 Å². The van der Waals surface area contributed by atoms with E-state index < -0.39 is 22.9 Å². The number of fused-ring (bicyclic) bond motifs is 1. The van der Waals surface area contributed by atoms with Crippen molar-refractivity contribution in [2.24, 2.45) is 10.7 Å². The second-order valence-corrected chi connectivity index (χ2v) is 6.38. The van der Waals surface area contributed by atoms with Gasteiger partial charge in [-0.25, -0.2) is 18.8 Å². The number of rotatable bonds is 3. The molecule has 2 aromatic carbocycles. The van der Waals surface area contributed by atoms with Crippen LogP contribution in [0.15, 0.2) is 53.8 Å². The molecule has 8 heteroatoms. The fourth-order valence-corrected chi connectivity index (χ4v) is 3.51. The van der Waals surface area contributed by atoms with Gasteiger partial charge in [-0.3, -0.25) is 4.98 Å². The summed E-state index contributed by atoms with van der Waals surface area (Å²) in [4.78, 5) is 13.1. The first-order valence-corrected chi connectivity index (χ1v) is 8.32. The van der Waals surface area contributed by atoms with E-state index in [2.05, 4.69) is 15.0 Å². The number of nitrogens with two attached hydrogens (primary N) is 1. The molecule has 0 radical (unpaired) electrons. The molecular weight excluding hydrogens is 374 g/mol. The molecule has 4 rings (SSSR count). The van der Waals surface area contributed by atoms with Crippen LogP contribution in [0.3, 0.4) is 0 Å². The first-order chi connectivity index (χ1) is 13.0. The lowest BCUT2D eigenvalue weighted by Crippen LogP contribution is -2.27. The Morgan fingerprint density at radius 1 is 1.04 bits per heavy atom. The number of aliphatic imine (C=N–C) groups is 1. The van der Waals surface area contributed by atoms with Crippen LogP contribution in [0.4, 0.5) is 8.78 Å². The van der Waals surface area contributed by atoms with Crippen molar-refractivity contribution in [2.75, 3.05) is 7.11 Å². The zero-order valence-electron chi connectivity index (χ0n) is 14.1. The molecule has 0 spiro atoms. The zero-order valence-corrected chi connectivity index (χ0v) is 14.8. The van der Waals surface area contributed by atoms with Crippen molar-refractivity contribution in [3.8, 4) is 5.75 Å². The average Bonchev–Trinajstić information content (AvgIpc) is 2.96. The predicted octanol–water partition coefficient (Wildman–Crippen LogP) is 3.43. The third-order valence-corrected chi connectivity index (χ3v) is 4.67. The molecule has 2 heterocycles. The van der Waals surface area contributed by atoms with Gasteiger partial charge in [0.15, 0.2) is 22.9 Å². The summed E-state index contributed by atoms with van der Waals surface area (Å²) in [5, 5.41) is 0.437. The molecule has 1 unspecified atom stereocenters. The van der Waals surface area contributed by atoms with E-state index in [0.717, 1.165) is 12.1 Å². The summed E-state index contributed by atoms with van der Waals surface area (Å²) in [5.74, 6) is -2.08. The maximum atomic E-state index is 14.5. The molecule has 1 aliphatic rings. The van der Waals surface area contributed by atoms with E-state index in [1.54, 1.807) is 24.3 Å². The van der Waals surface area contributed by atoms with Crippen molar-refractivity contribution >= 4 is 17.4 Å². The monoisotopic (exact) mass is 386 g/mol. The third kappa shape index (κ3) is 2.54. The van der Waals surface area contributed by atoms with Gasteiger partial charge in [-0.15, -0.1) is 0 Å². The number of methoxy groups -OCH3 is 1. The minimum atomic E-state index is -1.38. The molecule has 0 aliphatic carbocycles. The van der Waals surface area contributed by atoms with Crippen molar-refractivity contribution in [3.63, 3.8) is 0 Å². The third-order valence-electron chi connectivity index (χ3n) is 4.43. The summed E-state index contributed by atoms with van der Waals surface area (Å²) in [7, 11) is 1.19. The minimum Gasteiger partial charge on any atom is -0.491 e. The van der Waals surface area contributed by atoms with Gasteiger partial charge < -0.3 is 10.5 Å². The van der Waals surface area contributed by atoms with E-state index in [4.69, 9.17) is 22.1 Å². The fourth-order valence-electron chi connectivity index (χ4n) is 3.32. The Labute approximate surface area is 158 Å². The minimum absolute atomic E-state index is 0.120. The number of ether oxygens (including phenoxy) is 1. The van der Waals surface area contributed by atoms with Crippen molar-refractivity contribution in [1.29, 1.82) is 0 Å². The Kier molecular flexibility index (Phi) is 4.04. The Balaban J connectivity index is 2.09. The lowest BCUT2D eigenvalue weighted by Gasteiger charge is -2.28. The Bertz CT molecular complexity index is 1070. The molecule has 1 aromatic heterocycles. The lowest BCUT2D eigenvalue weighted by atomic mass is 9.81. The molecule has 136 valence electrons. The van der Waals surface area contributed by atoms with E-state index in [1.807, 2.05) is 0 Å². The van der Waals surface area contributed by atoms with Crippen LogP contribution in [0.5, 0.6) is 5.75 Å². The molecule has 0 fully saturated rings. The van der Waals surface area contributed by atoms with Crippen LogP contribution in [-0.2, 0) is 5.54 Å². The molecule has 3 aromatic rings. The Morgan fingerprint density at radius 2 is 1.74 bits per heavy atom. The number of hydrogen-bond donors (Lipinski definition) is 1. The van der Waals surface area contributed by atoms with Crippen LogP contribution >= 0.6 is 11.6 Å². The van der Waals surface area contributed by atoms with Crippen LogP contribution in [0.2, 0.25) is 5.02 Å². The first kappa shape index (κ1) is 17.4. The molecule has 1 aliphatic heterocycles. The van der Waals surface area contributed by atoms with Crippen molar-refractivity contribution in [2.45, 2.75) is 5.54 Å². The maximum absolute atomic E-state index is 14.5. The highest BCUT2D eigenvalue weighted by atomic mass is 35.5. The number of hydrogen-bond acceptors (Lipinski definition) is 5. The number of amidine groups is 1. The van der Waals surface area contributed by atoms with E-state index in [9.17, 15) is 8.78 Å². The fraction of sp³-hybridized carbons (Fsp3) is 0.105. The van der Waals surface area contributed by atoms with Crippen LogP contribution < -0.4 is 10.5 Å². The summed E-state index contributed by atoms with van der Waals surface area (Å²) in [5.41, 5.74) is 6.17. The summed E-state index contributed by atoms with van der Waals surface area (Å²) >= 11 is 6.16. The van der Waals surface area contributed by atoms with E-state index >= 15 is 0 Å².